The Balaban J connectivity index is 1.42. The van der Waals surface area contributed by atoms with Gasteiger partial charge in [-0.15, -0.1) is 0 Å². The van der Waals surface area contributed by atoms with Gasteiger partial charge in [-0.05, 0) is 69.2 Å². The van der Waals surface area contributed by atoms with E-state index >= 15 is 0 Å². The molecule has 2 aliphatic rings. The van der Waals surface area contributed by atoms with Gasteiger partial charge < -0.3 is 24.8 Å². The maximum atomic E-state index is 13.0. The average molecular weight is 525 g/mol. The lowest BCUT2D eigenvalue weighted by Gasteiger charge is -2.48. The van der Waals surface area contributed by atoms with Gasteiger partial charge in [-0.25, -0.2) is 4.98 Å². The Morgan fingerprint density at radius 2 is 1.95 bits per heavy atom. The molecule has 0 atom stereocenters. The van der Waals surface area contributed by atoms with Gasteiger partial charge in [0.25, 0.3) is 11.5 Å². The van der Waals surface area contributed by atoms with Crippen molar-refractivity contribution in [1.29, 1.82) is 0 Å². The van der Waals surface area contributed by atoms with Crippen LogP contribution in [0.4, 0.5) is 17.5 Å². The van der Waals surface area contributed by atoms with E-state index in [2.05, 4.69) is 20.5 Å². The molecule has 3 heterocycles. The van der Waals surface area contributed by atoms with Crippen LogP contribution in [0.2, 0.25) is 5.02 Å². The Labute approximate surface area is 221 Å². The highest BCUT2D eigenvalue weighted by molar-refractivity contribution is 6.32. The van der Waals surface area contributed by atoms with E-state index < -0.39 is 0 Å². The number of rotatable bonds is 7. The molecule has 1 aliphatic carbocycles. The van der Waals surface area contributed by atoms with E-state index in [0.717, 1.165) is 29.7 Å². The third-order valence-corrected chi connectivity index (χ3v) is 7.95. The molecule has 1 saturated carbocycles. The molecule has 0 bridgehead atoms. The van der Waals surface area contributed by atoms with Gasteiger partial charge in [-0.3, -0.25) is 9.59 Å². The number of hydrogen-bond acceptors (Lipinski definition) is 7. The number of benzene rings is 1. The highest BCUT2D eigenvalue weighted by Crippen LogP contribution is 2.49. The minimum atomic E-state index is -0.309. The molecule has 0 radical (unpaired) electrons. The van der Waals surface area contributed by atoms with Crippen LogP contribution in [-0.2, 0) is 4.79 Å². The summed E-state index contributed by atoms with van der Waals surface area (Å²) in [5.41, 5.74) is 1.80. The fourth-order valence-electron chi connectivity index (χ4n) is 5.32. The van der Waals surface area contributed by atoms with Crippen LogP contribution in [0.25, 0.3) is 10.9 Å². The molecule has 5 rings (SSSR count). The average Bonchev–Trinajstić information content (AvgIpc) is 2.87. The first-order chi connectivity index (χ1) is 17.8. The molecule has 2 N–H and O–H groups in total. The summed E-state index contributed by atoms with van der Waals surface area (Å²) in [4.78, 5) is 36.2. The summed E-state index contributed by atoms with van der Waals surface area (Å²) < 4.78 is 7.23. The molecule has 1 aromatic carbocycles. The molecule has 0 unspecified atom stereocenters. The van der Waals surface area contributed by atoms with Crippen LogP contribution in [-0.4, -0.2) is 47.2 Å². The van der Waals surface area contributed by atoms with Crippen molar-refractivity contribution >= 4 is 45.9 Å². The van der Waals surface area contributed by atoms with Crippen LogP contribution in [0.1, 0.15) is 52.0 Å². The molecular weight excluding hydrogens is 492 g/mol. The summed E-state index contributed by atoms with van der Waals surface area (Å²) in [6.07, 6.45) is 8.07. The molecule has 2 fully saturated rings. The molecule has 1 amide bonds. The molecule has 37 heavy (non-hydrogen) atoms. The number of anilines is 3. The largest absolute Gasteiger partial charge is 0.478 e. The number of carbonyl (C=O) groups excluding carboxylic acids is 1. The molecule has 1 saturated heterocycles. The number of likely N-dealkylation sites (N-methyl/N-ethyl adjacent to an activating group) is 1. The molecule has 3 aromatic rings. The Morgan fingerprint density at radius 3 is 2.59 bits per heavy atom. The van der Waals surface area contributed by atoms with Gasteiger partial charge in [-0.1, -0.05) is 18.0 Å². The maximum absolute atomic E-state index is 13.0. The first kappa shape index (κ1) is 25.3. The first-order valence-electron chi connectivity index (χ1n) is 12.9. The van der Waals surface area contributed by atoms with Crippen LogP contribution in [0, 0.1) is 5.41 Å². The summed E-state index contributed by atoms with van der Waals surface area (Å²) >= 11 is 6.47. The Kier molecular flexibility index (Phi) is 6.98. The normalized spacial score (nSPS) is 16.6. The van der Waals surface area contributed by atoms with Crippen LogP contribution in [0.5, 0.6) is 5.75 Å². The number of piperidine rings is 1. The highest BCUT2D eigenvalue weighted by Gasteiger charge is 2.40. The van der Waals surface area contributed by atoms with E-state index in [4.69, 9.17) is 21.3 Å². The molecular formula is C27H33ClN6O3. The zero-order valence-corrected chi connectivity index (χ0v) is 22.3. The lowest BCUT2D eigenvalue weighted by Crippen LogP contribution is -2.44. The topological polar surface area (TPSA) is 101 Å². The number of nitrogens with one attached hydrogen (secondary N) is 2. The Morgan fingerprint density at radius 1 is 1.19 bits per heavy atom. The SMILES string of the molecule is CNC(=O)COc1cc2cc(Nc3nc(N4CCC5(CCC5)CC4)ncc3Cl)ccc2n(C(C)C)c1=O. The second-order valence-electron chi connectivity index (χ2n) is 10.3. The minimum absolute atomic E-state index is 0.0974. The van der Waals surface area contributed by atoms with E-state index in [1.165, 1.54) is 39.2 Å². The van der Waals surface area contributed by atoms with Crippen LogP contribution in [0.3, 0.4) is 0 Å². The fourth-order valence-corrected chi connectivity index (χ4v) is 5.46. The minimum Gasteiger partial charge on any atom is -0.478 e. The molecule has 196 valence electrons. The number of halogens is 1. The number of pyridine rings is 1. The number of aromatic nitrogens is 3. The van der Waals surface area contributed by atoms with Crippen molar-refractivity contribution in [2.75, 3.05) is 37.0 Å². The molecule has 10 heteroatoms. The summed E-state index contributed by atoms with van der Waals surface area (Å²) in [6.45, 7) is 5.56. The highest BCUT2D eigenvalue weighted by atomic mass is 35.5. The van der Waals surface area contributed by atoms with Crippen LogP contribution in [0.15, 0.2) is 35.3 Å². The molecule has 1 aliphatic heterocycles. The predicted octanol–water partition coefficient (Wildman–Crippen LogP) is 4.66. The third-order valence-electron chi connectivity index (χ3n) is 7.67. The van der Waals surface area contributed by atoms with E-state index in [0.29, 0.717) is 22.2 Å². The van der Waals surface area contributed by atoms with Gasteiger partial charge in [0, 0.05) is 37.3 Å². The zero-order valence-electron chi connectivity index (χ0n) is 21.5. The summed E-state index contributed by atoms with van der Waals surface area (Å²) in [6, 6.07) is 7.27. The van der Waals surface area contributed by atoms with Crippen molar-refractivity contribution in [1.82, 2.24) is 19.9 Å². The summed E-state index contributed by atoms with van der Waals surface area (Å²) in [5.74, 6) is 1.03. The molecule has 9 nitrogen and oxygen atoms in total. The van der Waals surface area contributed by atoms with Gasteiger partial charge in [0.15, 0.2) is 18.2 Å². The predicted molar refractivity (Wildman–Crippen MR) is 146 cm³/mol. The number of ether oxygens (including phenoxy) is 1. The lowest BCUT2D eigenvalue weighted by molar-refractivity contribution is -0.122. The number of hydrogen-bond donors (Lipinski definition) is 2. The molecule has 2 aromatic heterocycles. The Bertz CT molecular complexity index is 1370. The first-order valence-corrected chi connectivity index (χ1v) is 13.2. The van der Waals surface area contributed by atoms with Crippen molar-refractivity contribution in [3.05, 3.63) is 45.8 Å². The van der Waals surface area contributed by atoms with E-state index in [9.17, 15) is 9.59 Å². The molecule has 1 spiro atoms. The maximum Gasteiger partial charge on any atom is 0.293 e. The van der Waals surface area contributed by atoms with Crippen LogP contribution >= 0.6 is 11.6 Å². The summed E-state index contributed by atoms with van der Waals surface area (Å²) in [5, 5.41) is 7.04. The van der Waals surface area contributed by atoms with E-state index in [1.54, 1.807) is 16.8 Å². The smallest absolute Gasteiger partial charge is 0.293 e. The Hall–Kier alpha value is -3.33. The van der Waals surface area contributed by atoms with Crippen molar-refractivity contribution in [3.8, 4) is 5.75 Å². The van der Waals surface area contributed by atoms with Crippen LogP contribution < -0.4 is 25.8 Å². The van der Waals surface area contributed by atoms with Crippen molar-refractivity contribution in [3.63, 3.8) is 0 Å². The third kappa shape index (κ3) is 5.09. The standard InChI is InChI=1S/C27H33ClN6O3/c1-17(2)34-21-6-5-19(13-18(21)14-22(25(34)36)37-16-23(35)29-3)31-24-20(28)15-30-26(32-24)33-11-9-27(10-12-33)7-4-8-27/h5-6,13-15,17H,4,7-12,16H2,1-3H3,(H,29,35)(H,30,31,32). The van der Waals surface area contributed by atoms with Gasteiger partial charge in [-0.2, -0.15) is 4.98 Å². The van der Waals surface area contributed by atoms with E-state index in [-0.39, 0.29) is 29.9 Å². The van der Waals surface area contributed by atoms with Crippen molar-refractivity contribution < 1.29 is 9.53 Å². The quantitative estimate of drug-likeness (QED) is 0.463. The lowest BCUT2D eigenvalue weighted by atomic mass is 9.63. The number of fused-ring (bicyclic) bond motifs is 1. The van der Waals surface area contributed by atoms with Crippen molar-refractivity contribution in [2.24, 2.45) is 5.41 Å². The second-order valence-corrected chi connectivity index (χ2v) is 10.8. The monoisotopic (exact) mass is 524 g/mol. The summed E-state index contributed by atoms with van der Waals surface area (Å²) in [7, 11) is 1.52. The van der Waals surface area contributed by atoms with Gasteiger partial charge in [0.1, 0.15) is 5.02 Å². The number of amides is 1. The fraction of sp³-hybridized carbons (Fsp3) is 0.481. The number of carbonyl (C=O) groups is 1. The van der Waals surface area contributed by atoms with E-state index in [1.807, 2.05) is 32.0 Å². The van der Waals surface area contributed by atoms with Crippen molar-refractivity contribution in [2.45, 2.75) is 52.0 Å². The number of nitrogens with zero attached hydrogens (tertiary/aromatic N) is 4. The van der Waals surface area contributed by atoms with Gasteiger partial charge >= 0.3 is 0 Å². The zero-order chi connectivity index (χ0) is 26.2. The second kappa shape index (κ2) is 10.2. The van der Waals surface area contributed by atoms with Gasteiger partial charge in [0.05, 0.1) is 11.7 Å². The van der Waals surface area contributed by atoms with Gasteiger partial charge in [0.2, 0.25) is 5.95 Å².